The summed E-state index contributed by atoms with van der Waals surface area (Å²) in [6, 6.07) is 8.60. The van der Waals surface area contributed by atoms with Crippen LogP contribution in [0.15, 0.2) is 42.0 Å². The van der Waals surface area contributed by atoms with Gasteiger partial charge in [0.15, 0.2) is 0 Å². The summed E-state index contributed by atoms with van der Waals surface area (Å²) >= 11 is 0. The number of methoxy groups -OCH3 is 1. The minimum atomic E-state index is -1.09. The van der Waals surface area contributed by atoms with Gasteiger partial charge < -0.3 is 14.6 Å². The molecule has 0 heterocycles. The van der Waals surface area contributed by atoms with E-state index >= 15 is 0 Å². The molecule has 0 spiro atoms. The van der Waals surface area contributed by atoms with Crippen molar-refractivity contribution in [1.82, 2.24) is 0 Å². The van der Waals surface area contributed by atoms with Crippen LogP contribution in [0.3, 0.4) is 0 Å². The van der Waals surface area contributed by atoms with Gasteiger partial charge in [-0.05, 0) is 97.7 Å². The Morgan fingerprint density at radius 3 is 2.39 bits per heavy atom. The molecular formula is C36H52O5. The van der Waals surface area contributed by atoms with E-state index in [1.807, 2.05) is 6.07 Å². The minimum Gasteiger partial charge on any atom is -0.427 e. The van der Waals surface area contributed by atoms with Gasteiger partial charge in [-0.1, -0.05) is 76.6 Å². The number of allylic oxidation sites excluding steroid dienone is 1. The average Bonchev–Trinajstić information content (AvgIpc) is 3.32. The summed E-state index contributed by atoms with van der Waals surface area (Å²) in [4.78, 5) is 25.7. The van der Waals surface area contributed by atoms with Crippen LogP contribution >= 0.6 is 0 Å². The standard InChI is InChI=1S/C36H52O5/c1-23(2)12-17-31(37)24(3)28-15-16-29-27-14-13-26-22-36(40-6,41-33(39)32(38)25-10-8-7-9-11-25)21-20-34(26,4)30(27)18-19-35(28,29)5/h7-11,13,23-24,27-31,37H,12,14-22H2,1-6H3/t24-,27-,28+,29-,30-,31-,34-,35+,36-/m0/s1. The lowest BCUT2D eigenvalue weighted by atomic mass is 9.46. The van der Waals surface area contributed by atoms with Crippen LogP contribution in [0.5, 0.6) is 0 Å². The summed E-state index contributed by atoms with van der Waals surface area (Å²) in [5.74, 6) is 0.952. The highest BCUT2D eigenvalue weighted by Gasteiger charge is 2.61. The average molecular weight is 565 g/mol. The van der Waals surface area contributed by atoms with Crippen molar-refractivity contribution >= 4 is 11.8 Å². The van der Waals surface area contributed by atoms with Crippen LogP contribution in [0.2, 0.25) is 0 Å². The van der Waals surface area contributed by atoms with Crippen LogP contribution in [0.4, 0.5) is 0 Å². The summed E-state index contributed by atoms with van der Waals surface area (Å²) in [6.07, 6.45) is 12.2. The van der Waals surface area contributed by atoms with Crippen molar-refractivity contribution in [3.63, 3.8) is 0 Å². The zero-order valence-electron chi connectivity index (χ0n) is 26.2. The van der Waals surface area contributed by atoms with Crippen LogP contribution in [-0.2, 0) is 14.3 Å². The number of Topliss-reactive ketones (excluding diaryl/α,β-unsaturated/α-hetero) is 1. The number of ether oxygens (including phenoxy) is 2. The molecule has 3 saturated carbocycles. The number of carbonyl (C=O) groups excluding carboxylic acids is 2. The third kappa shape index (κ3) is 5.46. The summed E-state index contributed by atoms with van der Waals surface area (Å²) in [6.45, 7) is 11.8. The fourth-order valence-electron chi connectivity index (χ4n) is 9.77. The van der Waals surface area contributed by atoms with Gasteiger partial charge in [-0.2, -0.15) is 0 Å². The fourth-order valence-corrected chi connectivity index (χ4v) is 9.77. The monoisotopic (exact) mass is 564 g/mol. The maximum Gasteiger partial charge on any atom is 0.382 e. The number of hydrogen-bond donors (Lipinski definition) is 1. The predicted octanol–water partition coefficient (Wildman–Crippen LogP) is 7.77. The summed E-state index contributed by atoms with van der Waals surface area (Å²) < 4.78 is 11.8. The highest BCUT2D eigenvalue weighted by Crippen LogP contribution is 2.68. The van der Waals surface area contributed by atoms with E-state index in [2.05, 4.69) is 40.7 Å². The fraction of sp³-hybridized carbons (Fsp3) is 0.722. The predicted molar refractivity (Wildman–Crippen MR) is 161 cm³/mol. The number of aliphatic hydroxyl groups excluding tert-OH is 1. The van der Waals surface area contributed by atoms with Crippen LogP contribution < -0.4 is 0 Å². The zero-order chi connectivity index (χ0) is 29.6. The Kier molecular flexibility index (Phi) is 8.62. The van der Waals surface area contributed by atoms with Crippen LogP contribution in [-0.4, -0.2) is 35.9 Å². The second-order valence-corrected chi connectivity index (χ2v) is 14.8. The lowest BCUT2D eigenvalue weighted by molar-refractivity contribution is -0.232. The van der Waals surface area contributed by atoms with Gasteiger partial charge in [-0.15, -0.1) is 0 Å². The Balaban J connectivity index is 1.30. The molecule has 5 nitrogen and oxygen atoms in total. The Labute approximate surface area is 247 Å². The number of ketones is 1. The second kappa shape index (κ2) is 11.6. The van der Waals surface area contributed by atoms with Gasteiger partial charge in [0.2, 0.25) is 5.79 Å². The number of benzene rings is 1. The van der Waals surface area contributed by atoms with Crippen LogP contribution in [0.25, 0.3) is 0 Å². The second-order valence-electron chi connectivity index (χ2n) is 14.8. The number of hydrogen-bond acceptors (Lipinski definition) is 5. The van der Waals surface area contributed by atoms with Crippen molar-refractivity contribution in [2.45, 2.75) is 111 Å². The first-order valence-electron chi connectivity index (χ1n) is 16.2. The molecule has 1 N–H and O–H groups in total. The van der Waals surface area contributed by atoms with Gasteiger partial charge in [0.25, 0.3) is 5.78 Å². The van der Waals surface area contributed by atoms with Gasteiger partial charge in [-0.25, -0.2) is 4.79 Å². The van der Waals surface area contributed by atoms with Crippen molar-refractivity contribution in [3.05, 3.63) is 47.5 Å². The van der Waals surface area contributed by atoms with Gasteiger partial charge >= 0.3 is 5.97 Å². The molecule has 0 radical (unpaired) electrons. The van der Waals surface area contributed by atoms with Gasteiger partial charge in [-0.3, -0.25) is 4.79 Å². The molecule has 5 rings (SSSR count). The maximum absolute atomic E-state index is 12.9. The van der Waals surface area contributed by atoms with Crippen molar-refractivity contribution in [2.24, 2.45) is 46.3 Å². The molecule has 5 heteroatoms. The molecule has 4 aliphatic carbocycles. The normalized spacial score (nSPS) is 37.8. The van der Waals surface area contributed by atoms with E-state index in [1.54, 1.807) is 31.4 Å². The molecule has 1 aromatic carbocycles. The molecule has 1 aromatic rings. The van der Waals surface area contributed by atoms with Gasteiger partial charge in [0.1, 0.15) is 0 Å². The Morgan fingerprint density at radius 2 is 1.71 bits per heavy atom. The Morgan fingerprint density at radius 1 is 0.976 bits per heavy atom. The number of esters is 1. The Bertz CT molecular complexity index is 1140. The summed E-state index contributed by atoms with van der Waals surface area (Å²) in [5, 5.41) is 11.1. The van der Waals surface area contributed by atoms with Gasteiger partial charge in [0, 0.05) is 25.5 Å². The van der Waals surface area contributed by atoms with Crippen molar-refractivity contribution in [3.8, 4) is 0 Å². The number of fused-ring (bicyclic) bond motifs is 5. The highest BCUT2D eigenvalue weighted by atomic mass is 16.7. The molecular weight excluding hydrogens is 512 g/mol. The van der Waals surface area contributed by atoms with Crippen molar-refractivity contribution in [1.29, 1.82) is 0 Å². The first kappa shape index (κ1) is 30.5. The number of rotatable bonds is 9. The first-order chi connectivity index (χ1) is 19.4. The molecule has 0 bridgehead atoms. The lowest BCUT2D eigenvalue weighted by Gasteiger charge is -2.59. The SMILES string of the molecule is CO[C@]1(OC(=O)C(=O)c2ccccc2)CC[C@@]2(C)C(=CC[C@H]3[C@@H]4CC[C@H]([C@H](C)[C@@H](O)CCC(C)C)[C@@]4(C)CC[C@@H]32)C1. The number of aliphatic hydroxyl groups is 1. The minimum absolute atomic E-state index is 0.0581. The third-order valence-corrected chi connectivity index (χ3v) is 12.3. The molecule has 0 amide bonds. The highest BCUT2D eigenvalue weighted by molar-refractivity contribution is 6.40. The molecule has 0 aliphatic heterocycles. The van der Waals surface area contributed by atoms with E-state index < -0.39 is 17.5 Å². The first-order valence-corrected chi connectivity index (χ1v) is 16.2. The molecule has 3 fully saturated rings. The molecule has 9 atom stereocenters. The third-order valence-electron chi connectivity index (χ3n) is 12.3. The lowest BCUT2D eigenvalue weighted by Crippen LogP contribution is -2.54. The van der Waals surface area contributed by atoms with Crippen molar-refractivity contribution < 1.29 is 24.2 Å². The van der Waals surface area contributed by atoms with E-state index in [-0.39, 0.29) is 11.5 Å². The summed E-state index contributed by atoms with van der Waals surface area (Å²) in [5.41, 5.74) is 2.02. The Hall–Kier alpha value is -1.98. The molecule has 4 aliphatic rings. The van der Waals surface area contributed by atoms with E-state index in [0.717, 1.165) is 25.7 Å². The van der Waals surface area contributed by atoms with Crippen molar-refractivity contribution in [2.75, 3.05) is 7.11 Å². The molecule has 226 valence electrons. The largest absolute Gasteiger partial charge is 0.427 e. The molecule has 0 unspecified atom stereocenters. The van der Waals surface area contributed by atoms with E-state index in [4.69, 9.17) is 9.47 Å². The van der Waals surface area contributed by atoms with E-state index in [0.29, 0.717) is 59.3 Å². The topological polar surface area (TPSA) is 72.8 Å². The van der Waals surface area contributed by atoms with E-state index in [1.165, 1.54) is 31.3 Å². The molecule has 0 aromatic heterocycles. The molecule has 0 saturated heterocycles. The summed E-state index contributed by atoms with van der Waals surface area (Å²) in [7, 11) is 1.59. The van der Waals surface area contributed by atoms with Crippen LogP contribution in [0.1, 0.15) is 109 Å². The maximum atomic E-state index is 12.9. The smallest absolute Gasteiger partial charge is 0.382 e. The quantitative estimate of drug-likeness (QED) is 0.109. The van der Waals surface area contributed by atoms with Crippen LogP contribution in [0, 0.1) is 46.3 Å². The van der Waals surface area contributed by atoms with E-state index in [9.17, 15) is 14.7 Å². The number of carbonyl (C=O) groups is 2. The molecule has 41 heavy (non-hydrogen) atoms. The zero-order valence-corrected chi connectivity index (χ0v) is 26.2. The van der Waals surface area contributed by atoms with Gasteiger partial charge in [0.05, 0.1) is 6.10 Å².